The predicted molar refractivity (Wildman–Crippen MR) is 68.4 cm³/mol. The maximum absolute atomic E-state index is 12.4. The van der Waals surface area contributed by atoms with E-state index in [1.165, 1.54) is 0 Å². The molecule has 0 bridgehead atoms. The van der Waals surface area contributed by atoms with E-state index in [1.54, 1.807) is 30.1 Å². The largest absolute Gasteiger partial charge is 0.433 e. The molecule has 1 N–H and O–H groups in total. The Labute approximate surface area is 118 Å². The van der Waals surface area contributed by atoms with Crippen molar-refractivity contribution in [3.05, 3.63) is 48.0 Å². The first-order chi connectivity index (χ1) is 9.86. The molecule has 0 saturated carbocycles. The van der Waals surface area contributed by atoms with Gasteiger partial charge in [0, 0.05) is 24.6 Å². The van der Waals surface area contributed by atoms with Crippen LogP contribution in [0.5, 0.6) is 0 Å². The highest BCUT2D eigenvalue weighted by atomic mass is 19.4. The van der Waals surface area contributed by atoms with Gasteiger partial charge in [0.25, 0.3) is 5.91 Å². The number of aromatic nitrogens is 3. The van der Waals surface area contributed by atoms with Gasteiger partial charge in [-0.15, -0.1) is 0 Å². The first-order valence-corrected chi connectivity index (χ1v) is 6.18. The number of halogens is 3. The fraction of sp³-hybridized carbons (Fsp3) is 0.308. The molecule has 0 aliphatic carbocycles. The van der Waals surface area contributed by atoms with Crippen LogP contribution in [0.25, 0.3) is 0 Å². The zero-order valence-corrected chi connectivity index (χ0v) is 11.1. The molecule has 2 rings (SSSR count). The van der Waals surface area contributed by atoms with Gasteiger partial charge in [-0.05, 0) is 25.1 Å². The molecular formula is C13H13F3N4O. The Morgan fingerprint density at radius 3 is 2.71 bits per heavy atom. The number of nitrogens with one attached hydrogen (secondary N) is 1. The number of alkyl halides is 3. The molecule has 0 saturated heterocycles. The maximum atomic E-state index is 12.4. The molecular weight excluding hydrogens is 285 g/mol. The lowest BCUT2D eigenvalue weighted by molar-refractivity contribution is -0.141. The number of amides is 1. The Morgan fingerprint density at radius 2 is 2.19 bits per heavy atom. The van der Waals surface area contributed by atoms with E-state index in [0.29, 0.717) is 6.54 Å². The van der Waals surface area contributed by atoms with Crippen LogP contribution in [0.15, 0.2) is 36.8 Å². The van der Waals surface area contributed by atoms with Gasteiger partial charge in [0.05, 0.1) is 12.1 Å². The summed E-state index contributed by atoms with van der Waals surface area (Å²) in [5.41, 5.74) is -0.945. The minimum Gasteiger partial charge on any atom is -0.348 e. The third-order valence-corrected chi connectivity index (χ3v) is 2.71. The maximum Gasteiger partial charge on any atom is 0.433 e. The third-order valence-electron chi connectivity index (χ3n) is 2.71. The number of pyridine rings is 1. The molecule has 0 aliphatic heterocycles. The first kappa shape index (κ1) is 15.0. The zero-order chi connectivity index (χ0) is 15.5. The molecule has 0 spiro atoms. The summed E-state index contributed by atoms with van der Waals surface area (Å²) in [5, 5.41) is 6.67. The second kappa shape index (κ2) is 5.94. The number of nitrogens with zero attached hydrogens (tertiary/aromatic N) is 3. The second-order valence-electron chi connectivity index (χ2n) is 4.53. The van der Waals surface area contributed by atoms with Gasteiger partial charge in [-0.3, -0.25) is 14.5 Å². The van der Waals surface area contributed by atoms with Crippen molar-refractivity contribution in [2.45, 2.75) is 25.7 Å². The molecule has 112 valence electrons. The van der Waals surface area contributed by atoms with Crippen molar-refractivity contribution in [3.63, 3.8) is 0 Å². The normalized spacial score (nSPS) is 13.0. The van der Waals surface area contributed by atoms with Gasteiger partial charge < -0.3 is 5.32 Å². The molecule has 2 aromatic heterocycles. The smallest absolute Gasteiger partial charge is 0.348 e. The van der Waals surface area contributed by atoms with Crippen LogP contribution in [0.1, 0.15) is 23.0 Å². The van der Waals surface area contributed by atoms with Crippen molar-refractivity contribution >= 4 is 5.91 Å². The highest BCUT2D eigenvalue weighted by molar-refractivity contribution is 5.94. The standard InChI is InChI=1S/C13H13F3N4O/c1-9(8-20-6-2-5-18-20)19-12(21)10-3-4-11(17-7-10)13(14,15)16/h2-7,9H,8H2,1H3,(H,19,21). The van der Waals surface area contributed by atoms with Crippen LogP contribution in [-0.4, -0.2) is 26.7 Å². The molecule has 0 radical (unpaired) electrons. The molecule has 1 amide bonds. The quantitative estimate of drug-likeness (QED) is 0.940. The summed E-state index contributed by atoms with van der Waals surface area (Å²) < 4.78 is 38.8. The van der Waals surface area contributed by atoms with E-state index < -0.39 is 17.8 Å². The van der Waals surface area contributed by atoms with Gasteiger partial charge in [0.1, 0.15) is 5.69 Å². The fourth-order valence-electron chi connectivity index (χ4n) is 1.74. The Kier molecular flexibility index (Phi) is 4.25. The van der Waals surface area contributed by atoms with Crippen LogP contribution in [-0.2, 0) is 12.7 Å². The van der Waals surface area contributed by atoms with Crippen molar-refractivity contribution in [2.24, 2.45) is 0 Å². The van der Waals surface area contributed by atoms with Gasteiger partial charge in [-0.25, -0.2) is 0 Å². The molecule has 8 heteroatoms. The molecule has 21 heavy (non-hydrogen) atoms. The van der Waals surface area contributed by atoms with Crippen molar-refractivity contribution < 1.29 is 18.0 Å². The van der Waals surface area contributed by atoms with Gasteiger partial charge in [0.2, 0.25) is 0 Å². The minimum atomic E-state index is -4.51. The third kappa shape index (κ3) is 4.04. The molecule has 1 atom stereocenters. The SMILES string of the molecule is CC(Cn1cccn1)NC(=O)c1ccc(C(F)(F)F)nc1. The molecule has 0 aliphatic rings. The second-order valence-corrected chi connectivity index (χ2v) is 4.53. The highest BCUT2D eigenvalue weighted by Crippen LogP contribution is 2.27. The summed E-state index contributed by atoms with van der Waals surface area (Å²) in [6.45, 7) is 2.24. The number of carbonyl (C=O) groups excluding carboxylic acids is 1. The molecule has 2 aromatic rings. The Morgan fingerprint density at radius 1 is 1.43 bits per heavy atom. The number of rotatable bonds is 4. The summed E-state index contributed by atoms with van der Waals surface area (Å²) in [6, 6.07) is 3.42. The Bertz CT molecular complexity index is 593. The summed E-state index contributed by atoms with van der Waals surface area (Å²) in [7, 11) is 0. The van der Waals surface area contributed by atoms with Crippen LogP contribution >= 0.6 is 0 Å². The fourth-order valence-corrected chi connectivity index (χ4v) is 1.74. The van der Waals surface area contributed by atoms with E-state index in [2.05, 4.69) is 15.4 Å². The molecule has 5 nitrogen and oxygen atoms in total. The lowest BCUT2D eigenvalue weighted by atomic mass is 10.2. The molecule has 2 heterocycles. The molecule has 0 fully saturated rings. The topological polar surface area (TPSA) is 59.8 Å². The zero-order valence-electron chi connectivity index (χ0n) is 11.1. The average Bonchev–Trinajstić information content (AvgIpc) is 2.90. The van der Waals surface area contributed by atoms with Gasteiger partial charge >= 0.3 is 6.18 Å². The van der Waals surface area contributed by atoms with E-state index in [1.807, 2.05) is 0 Å². The average molecular weight is 298 g/mol. The predicted octanol–water partition coefficient (Wildman–Crippen LogP) is 2.12. The summed E-state index contributed by atoms with van der Waals surface area (Å²) in [4.78, 5) is 15.1. The van der Waals surface area contributed by atoms with Crippen LogP contribution in [0.2, 0.25) is 0 Å². The van der Waals surface area contributed by atoms with Crippen molar-refractivity contribution in [2.75, 3.05) is 0 Å². The Hall–Kier alpha value is -2.38. The molecule has 0 aromatic carbocycles. The first-order valence-electron chi connectivity index (χ1n) is 6.18. The van der Waals surface area contributed by atoms with E-state index in [-0.39, 0.29) is 11.6 Å². The van der Waals surface area contributed by atoms with Crippen LogP contribution in [0, 0.1) is 0 Å². The minimum absolute atomic E-state index is 0.0790. The van der Waals surface area contributed by atoms with Crippen LogP contribution in [0.4, 0.5) is 13.2 Å². The van der Waals surface area contributed by atoms with Gasteiger partial charge in [0.15, 0.2) is 0 Å². The monoisotopic (exact) mass is 298 g/mol. The van der Waals surface area contributed by atoms with Crippen molar-refractivity contribution in [3.8, 4) is 0 Å². The van der Waals surface area contributed by atoms with Gasteiger partial charge in [-0.2, -0.15) is 18.3 Å². The van der Waals surface area contributed by atoms with Crippen LogP contribution in [0.3, 0.4) is 0 Å². The lowest BCUT2D eigenvalue weighted by Crippen LogP contribution is -2.35. The van der Waals surface area contributed by atoms with E-state index in [4.69, 9.17) is 0 Å². The van der Waals surface area contributed by atoms with Crippen molar-refractivity contribution in [1.29, 1.82) is 0 Å². The summed E-state index contributed by atoms with van der Waals surface area (Å²) in [5.74, 6) is -0.476. The molecule has 1 unspecified atom stereocenters. The van der Waals surface area contributed by atoms with Gasteiger partial charge in [-0.1, -0.05) is 0 Å². The van der Waals surface area contributed by atoms with E-state index in [9.17, 15) is 18.0 Å². The van der Waals surface area contributed by atoms with E-state index >= 15 is 0 Å². The number of carbonyl (C=O) groups is 1. The highest BCUT2D eigenvalue weighted by Gasteiger charge is 2.32. The Balaban J connectivity index is 1.97. The summed E-state index contributed by atoms with van der Waals surface area (Å²) in [6.07, 6.45) is -0.224. The van der Waals surface area contributed by atoms with Crippen LogP contribution < -0.4 is 5.32 Å². The number of hydrogen-bond donors (Lipinski definition) is 1. The van der Waals surface area contributed by atoms with E-state index in [0.717, 1.165) is 18.3 Å². The summed E-state index contributed by atoms with van der Waals surface area (Å²) >= 11 is 0. The lowest BCUT2D eigenvalue weighted by Gasteiger charge is -2.14. The van der Waals surface area contributed by atoms with Crippen molar-refractivity contribution in [1.82, 2.24) is 20.1 Å². The number of hydrogen-bond acceptors (Lipinski definition) is 3.